The van der Waals surface area contributed by atoms with Gasteiger partial charge in [0.2, 0.25) is 0 Å². The van der Waals surface area contributed by atoms with E-state index in [1.54, 1.807) is 35.9 Å². The Balaban J connectivity index is 0.00000300. The fourth-order valence-corrected chi connectivity index (χ4v) is 4.46. The lowest BCUT2D eigenvalue weighted by Crippen LogP contribution is -2.36. The number of aromatic nitrogens is 1. The molecule has 0 unspecified atom stereocenters. The first-order valence-electron chi connectivity index (χ1n) is 8.68. The van der Waals surface area contributed by atoms with E-state index in [4.69, 9.17) is 21.3 Å². The predicted molar refractivity (Wildman–Crippen MR) is 127 cm³/mol. The second kappa shape index (κ2) is 10.5. The zero-order valence-electron chi connectivity index (χ0n) is 16.6. The van der Waals surface area contributed by atoms with Crippen molar-refractivity contribution in [3.05, 3.63) is 47.0 Å². The van der Waals surface area contributed by atoms with Crippen LogP contribution in [-0.2, 0) is 0 Å². The molecule has 2 aromatic carbocycles. The van der Waals surface area contributed by atoms with Crippen molar-refractivity contribution in [3.8, 4) is 5.75 Å². The monoisotopic (exact) mass is 471 g/mol. The molecule has 1 heterocycles. The maximum absolute atomic E-state index is 13.3. The molecule has 0 aliphatic heterocycles. The lowest BCUT2D eigenvalue weighted by molar-refractivity contribution is 0.0985. The Labute approximate surface area is 190 Å². The predicted octanol–water partition coefficient (Wildman–Crippen LogP) is 5.31. The molecular formula is C20H23Cl2N3O2S2. The zero-order chi connectivity index (χ0) is 20.3. The molecule has 0 aliphatic rings. The Morgan fingerprint density at radius 1 is 1.24 bits per heavy atom. The summed E-state index contributed by atoms with van der Waals surface area (Å²) in [6.45, 7) is 1.24. The van der Waals surface area contributed by atoms with Crippen molar-refractivity contribution in [1.82, 2.24) is 9.88 Å². The Morgan fingerprint density at radius 3 is 2.66 bits per heavy atom. The first-order chi connectivity index (χ1) is 13.4. The Bertz CT molecular complexity index is 995. The molecule has 0 spiro atoms. The zero-order valence-corrected chi connectivity index (χ0v) is 19.8. The van der Waals surface area contributed by atoms with Crippen molar-refractivity contribution < 1.29 is 9.53 Å². The van der Waals surface area contributed by atoms with Gasteiger partial charge in [0.1, 0.15) is 11.3 Å². The molecule has 3 aromatic rings. The van der Waals surface area contributed by atoms with Crippen LogP contribution in [0.5, 0.6) is 5.75 Å². The standard InChI is InChI=1S/C20H22ClN3O2S2.ClH/c1-23(2)10-11-24(19(25)13-6-5-7-14(12-13)27-4)20-22-17-16(26-3)9-8-15(21)18(17)28-20;/h5-9,12H,10-11H2,1-4H3;1H. The van der Waals surface area contributed by atoms with Crippen molar-refractivity contribution in [2.24, 2.45) is 0 Å². The second-order valence-corrected chi connectivity index (χ2v) is 8.68. The summed E-state index contributed by atoms with van der Waals surface area (Å²) in [5.41, 5.74) is 1.32. The van der Waals surface area contributed by atoms with E-state index in [1.165, 1.54) is 11.3 Å². The van der Waals surface area contributed by atoms with Gasteiger partial charge in [0.25, 0.3) is 5.91 Å². The number of hydrogen-bond acceptors (Lipinski definition) is 6. The lowest BCUT2D eigenvalue weighted by Gasteiger charge is -2.22. The smallest absolute Gasteiger partial charge is 0.260 e. The van der Waals surface area contributed by atoms with Gasteiger partial charge in [-0.05, 0) is 50.7 Å². The third kappa shape index (κ3) is 5.35. The topological polar surface area (TPSA) is 45.7 Å². The van der Waals surface area contributed by atoms with E-state index < -0.39 is 0 Å². The number of nitrogens with zero attached hydrogens (tertiary/aromatic N) is 3. The van der Waals surface area contributed by atoms with E-state index in [-0.39, 0.29) is 18.3 Å². The average molecular weight is 472 g/mol. The minimum atomic E-state index is -0.0769. The van der Waals surface area contributed by atoms with Gasteiger partial charge in [0.15, 0.2) is 5.13 Å². The minimum absolute atomic E-state index is 0. The lowest BCUT2D eigenvalue weighted by atomic mass is 10.2. The molecule has 0 fully saturated rings. The van der Waals surface area contributed by atoms with E-state index in [1.807, 2.05) is 49.5 Å². The molecule has 5 nitrogen and oxygen atoms in total. The van der Waals surface area contributed by atoms with Gasteiger partial charge in [0.05, 0.1) is 16.8 Å². The number of rotatable bonds is 7. The molecular weight excluding hydrogens is 449 g/mol. The van der Waals surface area contributed by atoms with Gasteiger partial charge >= 0.3 is 0 Å². The normalized spacial score (nSPS) is 10.8. The number of thiazole rings is 1. The third-order valence-electron chi connectivity index (χ3n) is 4.23. The summed E-state index contributed by atoms with van der Waals surface area (Å²) in [4.78, 5) is 22.9. The number of anilines is 1. The molecule has 0 N–H and O–H groups in total. The van der Waals surface area contributed by atoms with E-state index in [0.717, 1.165) is 16.1 Å². The fraction of sp³-hybridized carbons (Fsp3) is 0.300. The van der Waals surface area contributed by atoms with Crippen molar-refractivity contribution in [2.45, 2.75) is 4.90 Å². The van der Waals surface area contributed by atoms with Crippen molar-refractivity contribution in [2.75, 3.05) is 45.5 Å². The number of halogens is 2. The van der Waals surface area contributed by atoms with Gasteiger partial charge in [-0.3, -0.25) is 9.69 Å². The van der Waals surface area contributed by atoms with Gasteiger partial charge in [-0.1, -0.05) is 29.0 Å². The molecule has 0 aliphatic carbocycles. The van der Waals surface area contributed by atoms with Gasteiger partial charge < -0.3 is 9.64 Å². The van der Waals surface area contributed by atoms with Crippen LogP contribution in [0.3, 0.4) is 0 Å². The summed E-state index contributed by atoms with van der Waals surface area (Å²) in [7, 11) is 5.56. The molecule has 1 amide bonds. The van der Waals surface area contributed by atoms with Crippen LogP contribution in [0.4, 0.5) is 5.13 Å². The molecule has 3 rings (SSSR count). The number of carbonyl (C=O) groups excluding carboxylic acids is 1. The average Bonchev–Trinajstić information content (AvgIpc) is 3.14. The van der Waals surface area contributed by atoms with Gasteiger partial charge in [-0.15, -0.1) is 24.2 Å². The summed E-state index contributed by atoms with van der Waals surface area (Å²) >= 11 is 9.38. The summed E-state index contributed by atoms with van der Waals surface area (Å²) in [5.74, 6) is 0.568. The van der Waals surface area contributed by atoms with E-state index >= 15 is 0 Å². The van der Waals surface area contributed by atoms with Crippen LogP contribution < -0.4 is 9.64 Å². The Hall–Kier alpha value is -1.51. The molecule has 9 heteroatoms. The molecule has 29 heavy (non-hydrogen) atoms. The SMILES string of the molecule is COc1ccc(Cl)c2sc(N(CCN(C)C)C(=O)c3cccc(SC)c3)nc12.Cl. The molecule has 156 valence electrons. The Kier molecular flexibility index (Phi) is 8.60. The van der Waals surface area contributed by atoms with Crippen LogP contribution in [0, 0.1) is 0 Å². The first-order valence-corrected chi connectivity index (χ1v) is 11.1. The number of carbonyl (C=O) groups is 1. The minimum Gasteiger partial charge on any atom is -0.494 e. The van der Waals surface area contributed by atoms with Gasteiger partial charge in [-0.25, -0.2) is 4.98 Å². The van der Waals surface area contributed by atoms with Crippen LogP contribution in [0.15, 0.2) is 41.3 Å². The van der Waals surface area contributed by atoms with Crippen LogP contribution >= 0.6 is 47.1 Å². The van der Waals surface area contributed by atoms with Crippen LogP contribution in [0.2, 0.25) is 5.02 Å². The van der Waals surface area contributed by atoms with Crippen LogP contribution in [0.1, 0.15) is 10.4 Å². The molecule has 0 saturated heterocycles. The molecule has 0 radical (unpaired) electrons. The highest BCUT2D eigenvalue weighted by Crippen LogP contribution is 2.39. The molecule has 0 bridgehead atoms. The van der Waals surface area contributed by atoms with Gasteiger partial charge in [0, 0.05) is 23.5 Å². The van der Waals surface area contributed by atoms with E-state index in [0.29, 0.717) is 33.5 Å². The molecule has 1 aromatic heterocycles. The Morgan fingerprint density at radius 2 is 2.00 bits per heavy atom. The highest BCUT2D eigenvalue weighted by molar-refractivity contribution is 7.98. The van der Waals surface area contributed by atoms with Crippen LogP contribution in [-0.4, -0.2) is 56.3 Å². The molecule has 0 atom stereocenters. The third-order valence-corrected chi connectivity index (χ3v) is 6.49. The first kappa shape index (κ1) is 23.8. The number of likely N-dealkylation sites (N-methyl/N-ethyl adjacent to an activating group) is 1. The largest absolute Gasteiger partial charge is 0.494 e. The quantitative estimate of drug-likeness (QED) is 0.436. The van der Waals surface area contributed by atoms with E-state index in [2.05, 4.69) is 0 Å². The number of hydrogen-bond donors (Lipinski definition) is 0. The van der Waals surface area contributed by atoms with E-state index in [9.17, 15) is 4.79 Å². The maximum atomic E-state index is 13.3. The maximum Gasteiger partial charge on any atom is 0.260 e. The number of benzene rings is 2. The summed E-state index contributed by atoms with van der Waals surface area (Å²) in [5, 5.41) is 1.21. The van der Waals surface area contributed by atoms with Gasteiger partial charge in [-0.2, -0.15) is 0 Å². The number of methoxy groups -OCH3 is 1. The summed E-state index contributed by atoms with van der Waals surface area (Å²) in [6, 6.07) is 11.2. The number of amides is 1. The van der Waals surface area contributed by atoms with Crippen molar-refractivity contribution in [3.63, 3.8) is 0 Å². The number of fused-ring (bicyclic) bond motifs is 1. The second-order valence-electron chi connectivity index (χ2n) is 6.42. The summed E-state index contributed by atoms with van der Waals surface area (Å²) in [6.07, 6.45) is 2.00. The van der Waals surface area contributed by atoms with Crippen molar-refractivity contribution in [1.29, 1.82) is 0 Å². The summed E-state index contributed by atoms with van der Waals surface area (Å²) < 4.78 is 6.24. The van der Waals surface area contributed by atoms with Crippen LogP contribution in [0.25, 0.3) is 10.2 Å². The van der Waals surface area contributed by atoms with Crippen molar-refractivity contribution >= 4 is 68.4 Å². The highest BCUT2D eigenvalue weighted by atomic mass is 35.5. The molecule has 0 saturated carbocycles. The highest BCUT2D eigenvalue weighted by Gasteiger charge is 2.23. The number of ether oxygens (including phenoxy) is 1. The fourth-order valence-electron chi connectivity index (χ4n) is 2.72. The number of thioether (sulfide) groups is 1.